The number of likely N-dealkylation sites (N-methyl/N-ethyl adjacent to an activating group) is 1. The molecule has 1 aliphatic rings. The van der Waals surface area contributed by atoms with Crippen LogP contribution in [0.15, 0.2) is 36.5 Å². The maximum atomic E-state index is 13.1. The van der Waals surface area contributed by atoms with Gasteiger partial charge in [-0.25, -0.2) is 14.2 Å². The number of anilines is 1. The van der Waals surface area contributed by atoms with Crippen LogP contribution in [0.25, 0.3) is 22.2 Å². The maximum Gasteiger partial charge on any atom is 0.320 e. The number of pyridine rings is 1. The standard InChI is InChI=1S/C18H19FN6O/c1-25-7-6-13(10-25)21-18(26)22-16-8-15-14(9-20-16)17(24-23-15)11-2-4-12(19)5-3-11/h2-5,8-9,13H,6-7,10H2,1H3,(H,23,24)(H2,20,21,22,26)/t13-/m1/s1. The number of aromatic nitrogens is 3. The first-order chi connectivity index (χ1) is 12.6. The minimum atomic E-state index is -0.294. The number of fused-ring (bicyclic) bond motifs is 1. The van der Waals surface area contributed by atoms with Crippen molar-refractivity contribution in [2.24, 2.45) is 0 Å². The Balaban J connectivity index is 1.49. The van der Waals surface area contributed by atoms with Crippen molar-refractivity contribution < 1.29 is 9.18 Å². The molecule has 3 heterocycles. The molecule has 3 N–H and O–H groups in total. The summed E-state index contributed by atoms with van der Waals surface area (Å²) in [5, 5.41) is 13.7. The molecule has 0 spiro atoms. The van der Waals surface area contributed by atoms with Crippen LogP contribution in [0.3, 0.4) is 0 Å². The van der Waals surface area contributed by atoms with E-state index in [0.717, 1.165) is 36.0 Å². The molecule has 1 aliphatic heterocycles. The molecule has 2 amide bonds. The second-order valence-corrected chi connectivity index (χ2v) is 6.54. The first kappa shape index (κ1) is 16.5. The highest BCUT2D eigenvalue weighted by atomic mass is 19.1. The predicted octanol–water partition coefficient (Wildman–Crippen LogP) is 2.59. The molecule has 1 fully saturated rings. The van der Waals surface area contributed by atoms with Crippen LogP contribution < -0.4 is 10.6 Å². The average Bonchev–Trinajstić information content (AvgIpc) is 3.21. The van der Waals surface area contributed by atoms with Crippen molar-refractivity contribution in [1.29, 1.82) is 0 Å². The predicted molar refractivity (Wildman–Crippen MR) is 97.3 cm³/mol. The molecular weight excluding hydrogens is 335 g/mol. The van der Waals surface area contributed by atoms with E-state index in [4.69, 9.17) is 0 Å². The van der Waals surface area contributed by atoms with Gasteiger partial charge in [0.1, 0.15) is 17.3 Å². The monoisotopic (exact) mass is 354 g/mol. The highest BCUT2D eigenvalue weighted by Gasteiger charge is 2.21. The summed E-state index contributed by atoms with van der Waals surface area (Å²) in [7, 11) is 2.03. The minimum absolute atomic E-state index is 0.154. The SMILES string of the molecule is CN1CC[C@@H](NC(=O)Nc2cc3[nH]nc(-c4ccc(F)cc4)c3cn2)C1. The van der Waals surface area contributed by atoms with Crippen molar-refractivity contribution in [2.45, 2.75) is 12.5 Å². The Bertz CT molecular complexity index is 939. The van der Waals surface area contributed by atoms with Gasteiger partial charge in [-0.15, -0.1) is 0 Å². The lowest BCUT2D eigenvalue weighted by atomic mass is 10.1. The number of benzene rings is 1. The third-order valence-electron chi connectivity index (χ3n) is 4.53. The van der Waals surface area contributed by atoms with Crippen molar-refractivity contribution in [3.63, 3.8) is 0 Å². The molecule has 1 atom stereocenters. The van der Waals surface area contributed by atoms with Crippen molar-refractivity contribution in [1.82, 2.24) is 25.4 Å². The molecule has 0 aliphatic carbocycles. The molecule has 134 valence electrons. The normalized spacial score (nSPS) is 17.5. The summed E-state index contributed by atoms with van der Waals surface area (Å²) in [5.41, 5.74) is 2.23. The highest BCUT2D eigenvalue weighted by Crippen LogP contribution is 2.27. The molecule has 4 rings (SSSR count). The number of rotatable bonds is 3. The molecule has 2 aromatic heterocycles. The van der Waals surface area contributed by atoms with Gasteiger partial charge in [-0.3, -0.25) is 10.4 Å². The van der Waals surface area contributed by atoms with Gasteiger partial charge in [0.05, 0.1) is 5.52 Å². The van der Waals surface area contributed by atoms with Crippen LogP contribution >= 0.6 is 0 Å². The molecule has 0 bridgehead atoms. The topological polar surface area (TPSA) is 85.9 Å². The second-order valence-electron chi connectivity index (χ2n) is 6.54. The van der Waals surface area contributed by atoms with Gasteiger partial charge in [0.2, 0.25) is 0 Å². The van der Waals surface area contributed by atoms with Gasteiger partial charge in [0.15, 0.2) is 0 Å². The third-order valence-corrected chi connectivity index (χ3v) is 4.53. The number of nitrogens with one attached hydrogen (secondary N) is 3. The summed E-state index contributed by atoms with van der Waals surface area (Å²) in [6.07, 6.45) is 2.59. The number of likely N-dealkylation sites (tertiary alicyclic amines) is 1. The van der Waals surface area contributed by atoms with Gasteiger partial charge in [-0.2, -0.15) is 5.10 Å². The number of carbonyl (C=O) groups is 1. The number of hydrogen-bond donors (Lipinski definition) is 3. The average molecular weight is 354 g/mol. The molecule has 0 radical (unpaired) electrons. The van der Waals surface area contributed by atoms with Gasteiger partial charge < -0.3 is 10.2 Å². The molecule has 0 unspecified atom stereocenters. The van der Waals surface area contributed by atoms with E-state index < -0.39 is 0 Å². The number of urea groups is 1. The largest absolute Gasteiger partial charge is 0.334 e. The summed E-state index contributed by atoms with van der Waals surface area (Å²) in [4.78, 5) is 18.6. The Morgan fingerprint density at radius 2 is 2.15 bits per heavy atom. The van der Waals surface area contributed by atoms with Crippen molar-refractivity contribution >= 4 is 22.8 Å². The van der Waals surface area contributed by atoms with Crippen LogP contribution in [0, 0.1) is 5.82 Å². The van der Waals surface area contributed by atoms with Gasteiger partial charge in [0, 0.05) is 35.8 Å². The Hall–Kier alpha value is -3.00. The first-order valence-electron chi connectivity index (χ1n) is 8.44. The third kappa shape index (κ3) is 3.36. The highest BCUT2D eigenvalue weighted by molar-refractivity contribution is 5.95. The van der Waals surface area contributed by atoms with Gasteiger partial charge in [0.25, 0.3) is 0 Å². The van der Waals surface area contributed by atoms with E-state index in [0.29, 0.717) is 11.5 Å². The minimum Gasteiger partial charge on any atom is -0.334 e. The summed E-state index contributed by atoms with van der Waals surface area (Å²) < 4.78 is 13.1. The quantitative estimate of drug-likeness (QED) is 0.675. The molecule has 7 nitrogen and oxygen atoms in total. The van der Waals surface area contributed by atoms with E-state index in [1.807, 2.05) is 7.05 Å². The number of carbonyl (C=O) groups excluding carboxylic acids is 1. The number of amides is 2. The van der Waals surface area contributed by atoms with Crippen LogP contribution in [0.4, 0.5) is 15.0 Å². The lowest BCUT2D eigenvalue weighted by molar-refractivity contribution is 0.248. The van der Waals surface area contributed by atoms with E-state index >= 15 is 0 Å². The molecule has 0 saturated carbocycles. The number of aromatic amines is 1. The summed E-state index contributed by atoms with van der Waals surface area (Å²) in [6.45, 7) is 1.83. The van der Waals surface area contributed by atoms with Crippen molar-refractivity contribution in [3.8, 4) is 11.3 Å². The van der Waals surface area contributed by atoms with Crippen molar-refractivity contribution in [2.75, 3.05) is 25.5 Å². The fourth-order valence-corrected chi connectivity index (χ4v) is 3.20. The number of H-pyrrole nitrogens is 1. The first-order valence-corrected chi connectivity index (χ1v) is 8.44. The van der Waals surface area contributed by atoms with E-state index in [-0.39, 0.29) is 17.9 Å². The van der Waals surface area contributed by atoms with Crippen LogP contribution in [-0.2, 0) is 0 Å². The summed E-state index contributed by atoms with van der Waals surface area (Å²) in [6, 6.07) is 7.74. The smallest absolute Gasteiger partial charge is 0.320 e. The second kappa shape index (κ2) is 6.72. The zero-order chi connectivity index (χ0) is 18.1. The van der Waals surface area contributed by atoms with Crippen molar-refractivity contribution in [3.05, 3.63) is 42.3 Å². The van der Waals surface area contributed by atoms with Crippen LogP contribution in [0.1, 0.15) is 6.42 Å². The number of nitrogens with zero attached hydrogens (tertiary/aromatic N) is 3. The fraction of sp³-hybridized carbons (Fsp3) is 0.278. The van der Waals surface area contributed by atoms with E-state index in [1.54, 1.807) is 24.4 Å². The Labute approximate surface area is 149 Å². The summed E-state index contributed by atoms with van der Waals surface area (Å²) in [5.74, 6) is 0.147. The zero-order valence-corrected chi connectivity index (χ0v) is 14.3. The Kier molecular flexibility index (Phi) is 4.26. The van der Waals surface area contributed by atoms with E-state index in [9.17, 15) is 9.18 Å². The maximum absolute atomic E-state index is 13.1. The molecular formula is C18H19FN6O. The van der Waals surface area contributed by atoms with Gasteiger partial charge >= 0.3 is 6.03 Å². The van der Waals surface area contributed by atoms with Crippen LogP contribution in [0.5, 0.6) is 0 Å². The van der Waals surface area contributed by atoms with Gasteiger partial charge in [-0.05, 0) is 44.3 Å². The van der Waals surface area contributed by atoms with E-state index in [1.165, 1.54) is 12.1 Å². The number of hydrogen-bond acceptors (Lipinski definition) is 4. The Morgan fingerprint density at radius 1 is 1.35 bits per heavy atom. The van der Waals surface area contributed by atoms with Gasteiger partial charge in [-0.1, -0.05) is 0 Å². The number of halogens is 1. The molecule has 1 aromatic carbocycles. The molecule has 3 aromatic rings. The molecule has 26 heavy (non-hydrogen) atoms. The van der Waals surface area contributed by atoms with Crippen LogP contribution in [0.2, 0.25) is 0 Å². The molecule has 1 saturated heterocycles. The van der Waals surface area contributed by atoms with Crippen LogP contribution in [-0.4, -0.2) is 52.3 Å². The Morgan fingerprint density at radius 3 is 2.88 bits per heavy atom. The zero-order valence-electron chi connectivity index (χ0n) is 14.3. The fourth-order valence-electron chi connectivity index (χ4n) is 3.20. The molecule has 8 heteroatoms. The lowest BCUT2D eigenvalue weighted by Crippen LogP contribution is -2.39. The lowest BCUT2D eigenvalue weighted by Gasteiger charge is -2.13. The van der Waals surface area contributed by atoms with E-state index in [2.05, 4.69) is 30.7 Å². The summed E-state index contributed by atoms with van der Waals surface area (Å²) >= 11 is 0.